The Labute approximate surface area is 191 Å². The average molecular weight is 428 g/mol. The van der Waals surface area contributed by atoms with E-state index >= 15 is 0 Å². The minimum atomic E-state index is 0.241. The molecule has 1 saturated heterocycles. The first-order valence-electron chi connectivity index (χ1n) is 12.7. The van der Waals surface area contributed by atoms with E-state index < -0.39 is 0 Å². The number of hydrogen-bond donors (Lipinski definition) is 0. The molecular formula is C29H33NO2. The molecule has 5 aliphatic rings. The van der Waals surface area contributed by atoms with Crippen molar-refractivity contribution in [3.05, 3.63) is 65.2 Å². The molecule has 0 N–H and O–H groups in total. The summed E-state index contributed by atoms with van der Waals surface area (Å²) in [6.07, 6.45) is 13.9. The second kappa shape index (κ2) is 7.38. The van der Waals surface area contributed by atoms with Gasteiger partial charge in [0.1, 0.15) is 24.2 Å². The fourth-order valence-corrected chi connectivity index (χ4v) is 7.48. The molecular weight excluding hydrogens is 394 g/mol. The predicted molar refractivity (Wildman–Crippen MR) is 127 cm³/mol. The average Bonchev–Trinajstić information content (AvgIpc) is 3.58. The zero-order valence-electron chi connectivity index (χ0n) is 18.8. The smallest absolute Gasteiger partial charge is 0.124 e. The lowest BCUT2D eigenvalue weighted by atomic mass is 9.52. The van der Waals surface area contributed by atoms with Gasteiger partial charge >= 0.3 is 0 Å². The van der Waals surface area contributed by atoms with E-state index in [1.54, 1.807) is 5.56 Å². The van der Waals surface area contributed by atoms with E-state index in [2.05, 4.69) is 59.5 Å². The fraction of sp³-hybridized carbons (Fsp3) is 0.517. The third-order valence-electron chi connectivity index (χ3n) is 8.98. The highest BCUT2D eigenvalue weighted by Crippen LogP contribution is 2.63. The first-order chi connectivity index (χ1) is 15.8. The van der Waals surface area contributed by atoms with Crippen LogP contribution in [0.15, 0.2) is 48.5 Å². The van der Waals surface area contributed by atoms with Gasteiger partial charge in [0.25, 0.3) is 0 Å². The van der Waals surface area contributed by atoms with E-state index in [1.165, 1.54) is 62.7 Å². The number of rotatable bonds is 6. The molecule has 0 radical (unpaired) electrons. The lowest BCUT2D eigenvalue weighted by molar-refractivity contribution is -0.0531. The van der Waals surface area contributed by atoms with Gasteiger partial charge in [0, 0.05) is 29.1 Å². The Morgan fingerprint density at radius 1 is 1.06 bits per heavy atom. The molecule has 7 rings (SSSR count). The molecule has 2 bridgehead atoms. The van der Waals surface area contributed by atoms with Crippen LogP contribution in [0.3, 0.4) is 0 Å². The molecule has 0 unspecified atom stereocenters. The highest BCUT2D eigenvalue weighted by atomic mass is 16.5. The molecule has 32 heavy (non-hydrogen) atoms. The zero-order chi connectivity index (χ0) is 21.1. The molecule has 3 fully saturated rings. The van der Waals surface area contributed by atoms with Crippen LogP contribution in [0, 0.1) is 11.8 Å². The van der Waals surface area contributed by atoms with Gasteiger partial charge in [-0.25, -0.2) is 0 Å². The number of hydrogen-bond acceptors (Lipinski definition) is 3. The van der Waals surface area contributed by atoms with Crippen molar-refractivity contribution >= 4 is 6.08 Å². The lowest BCUT2D eigenvalue weighted by Crippen LogP contribution is -2.64. The predicted octanol–water partition coefficient (Wildman–Crippen LogP) is 5.62. The van der Waals surface area contributed by atoms with Crippen molar-refractivity contribution in [3.63, 3.8) is 0 Å². The molecule has 3 aliphatic carbocycles. The maximum atomic E-state index is 6.66. The van der Waals surface area contributed by atoms with Crippen molar-refractivity contribution in [1.82, 2.24) is 4.90 Å². The maximum absolute atomic E-state index is 6.66. The molecule has 166 valence electrons. The Kier molecular flexibility index (Phi) is 4.44. The summed E-state index contributed by atoms with van der Waals surface area (Å²) in [7, 11) is 0. The minimum Gasteiger partial charge on any atom is -0.489 e. The highest BCUT2D eigenvalue weighted by Gasteiger charge is 2.63. The lowest BCUT2D eigenvalue weighted by Gasteiger charge is -2.58. The minimum absolute atomic E-state index is 0.241. The molecule has 0 amide bonds. The first kappa shape index (κ1) is 19.2. The molecule has 4 atom stereocenters. The van der Waals surface area contributed by atoms with Crippen LogP contribution in [0.2, 0.25) is 0 Å². The number of piperidine rings is 1. The van der Waals surface area contributed by atoms with Crippen LogP contribution in [0.25, 0.3) is 6.08 Å². The fourth-order valence-electron chi connectivity index (χ4n) is 7.48. The summed E-state index contributed by atoms with van der Waals surface area (Å²) < 4.78 is 13.1. The molecule has 2 aromatic rings. The van der Waals surface area contributed by atoms with E-state index in [0.717, 1.165) is 29.8 Å². The second-order valence-corrected chi connectivity index (χ2v) is 10.7. The SMILES string of the molecule is C(=Cc1ccccc1)COc1ccc2c3c1C[C@@H]1[C@@H]4CCC[C@H](O2)[C@]34CCN1CC1CC1. The first-order valence-corrected chi connectivity index (χ1v) is 12.7. The van der Waals surface area contributed by atoms with Crippen LogP contribution in [-0.4, -0.2) is 36.7 Å². The van der Waals surface area contributed by atoms with Crippen LogP contribution < -0.4 is 9.47 Å². The van der Waals surface area contributed by atoms with Gasteiger partial charge in [-0.05, 0) is 87.1 Å². The standard InChI is InChI=1S/C29H33NO2/c1-2-6-20(7-3-1)8-5-17-31-25-13-14-26-28-22(25)18-24-23-9-4-10-27(32-26)29(23,28)15-16-30(24)19-21-11-12-21/h1-3,5-8,13-14,21,23-24,27H,4,9-12,15-19H2/t23-,24+,27-,29+/m0/s1. The maximum Gasteiger partial charge on any atom is 0.124 e. The Morgan fingerprint density at radius 2 is 1.97 bits per heavy atom. The summed E-state index contributed by atoms with van der Waals surface area (Å²) >= 11 is 0. The van der Waals surface area contributed by atoms with Crippen LogP contribution in [0.4, 0.5) is 0 Å². The van der Waals surface area contributed by atoms with Crippen molar-refractivity contribution < 1.29 is 9.47 Å². The van der Waals surface area contributed by atoms with Crippen molar-refractivity contribution in [1.29, 1.82) is 0 Å². The van der Waals surface area contributed by atoms with Gasteiger partial charge in [-0.15, -0.1) is 0 Å². The van der Waals surface area contributed by atoms with Gasteiger partial charge in [0.15, 0.2) is 0 Å². The van der Waals surface area contributed by atoms with E-state index in [0.29, 0.717) is 18.8 Å². The third-order valence-corrected chi connectivity index (χ3v) is 8.98. The number of nitrogens with zero attached hydrogens (tertiary/aromatic N) is 1. The molecule has 2 heterocycles. The summed E-state index contributed by atoms with van der Waals surface area (Å²) in [4.78, 5) is 2.86. The molecule has 3 nitrogen and oxygen atoms in total. The van der Waals surface area contributed by atoms with E-state index in [4.69, 9.17) is 9.47 Å². The van der Waals surface area contributed by atoms with Gasteiger partial charge in [0.05, 0.1) is 0 Å². The summed E-state index contributed by atoms with van der Waals surface area (Å²) in [5, 5.41) is 0. The van der Waals surface area contributed by atoms with Gasteiger partial charge in [-0.1, -0.05) is 36.4 Å². The van der Waals surface area contributed by atoms with E-state index in [1.807, 2.05) is 0 Å². The summed E-state index contributed by atoms with van der Waals surface area (Å²) in [6.45, 7) is 3.17. The van der Waals surface area contributed by atoms with Gasteiger partial charge < -0.3 is 9.47 Å². The number of ether oxygens (including phenoxy) is 2. The number of benzene rings is 2. The van der Waals surface area contributed by atoms with Gasteiger partial charge in [-0.2, -0.15) is 0 Å². The van der Waals surface area contributed by atoms with Gasteiger partial charge in [-0.3, -0.25) is 4.90 Å². The number of likely N-dealkylation sites (tertiary alicyclic amines) is 1. The van der Waals surface area contributed by atoms with Crippen molar-refractivity contribution in [2.24, 2.45) is 11.8 Å². The molecule has 2 aromatic carbocycles. The topological polar surface area (TPSA) is 21.7 Å². The molecule has 2 saturated carbocycles. The van der Waals surface area contributed by atoms with Crippen LogP contribution >= 0.6 is 0 Å². The Bertz CT molecular complexity index is 1040. The highest BCUT2D eigenvalue weighted by molar-refractivity contribution is 5.59. The second-order valence-electron chi connectivity index (χ2n) is 10.7. The summed E-state index contributed by atoms with van der Waals surface area (Å²) in [5.41, 5.74) is 4.46. The zero-order valence-corrected chi connectivity index (χ0v) is 18.8. The van der Waals surface area contributed by atoms with Crippen molar-refractivity contribution in [2.75, 3.05) is 19.7 Å². The monoisotopic (exact) mass is 427 g/mol. The Morgan fingerprint density at radius 3 is 2.84 bits per heavy atom. The Balaban J connectivity index is 1.21. The summed E-state index contributed by atoms with van der Waals surface area (Å²) in [5.74, 6) is 3.97. The Hall–Kier alpha value is -2.26. The summed E-state index contributed by atoms with van der Waals surface area (Å²) in [6, 6.07) is 15.5. The van der Waals surface area contributed by atoms with Crippen molar-refractivity contribution in [3.8, 4) is 11.5 Å². The van der Waals surface area contributed by atoms with E-state index in [9.17, 15) is 0 Å². The molecule has 3 heteroatoms. The van der Waals surface area contributed by atoms with Crippen molar-refractivity contribution in [2.45, 2.75) is 62.5 Å². The molecule has 2 aliphatic heterocycles. The quantitative estimate of drug-likeness (QED) is 0.597. The van der Waals surface area contributed by atoms with Crippen LogP contribution in [0.5, 0.6) is 11.5 Å². The van der Waals surface area contributed by atoms with Gasteiger partial charge in [0.2, 0.25) is 0 Å². The molecule has 1 spiro atoms. The molecule has 0 aromatic heterocycles. The largest absolute Gasteiger partial charge is 0.489 e. The van der Waals surface area contributed by atoms with Crippen LogP contribution in [0.1, 0.15) is 55.2 Å². The normalized spacial score (nSPS) is 32.6. The van der Waals surface area contributed by atoms with Crippen LogP contribution in [-0.2, 0) is 11.8 Å². The third kappa shape index (κ3) is 2.90. The van der Waals surface area contributed by atoms with E-state index in [-0.39, 0.29) is 5.41 Å².